The van der Waals surface area contributed by atoms with Crippen molar-refractivity contribution in [2.45, 2.75) is 39.5 Å². The number of quaternary nitrogens is 1. The first kappa shape index (κ1) is 23.5. The monoisotopic (exact) mass is 401 g/mol. The van der Waals surface area contributed by atoms with Gasteiger partial charge in [-0.25, -0.2) is 0 Å². The summed E-state index contributed by atoms with van der Waals surface area (Å²) < 4.78 is 36.4. The number of likely N-dealkylation sites (N-methyl/N-ethyl adjacent to an activating group) is 1. The molecule has 1 aromatic rings. The Hall–Kier alpha value is -1.51. The first-order valence-corrected chi connectivity index (χ1v) is 10.8. The van der Waals surface area contributed by atoms with Gasteiger partial charge in [0.25, 0.3) is 10.1 Å². The third-order valence-electron chi connectivity index (χ3n) is 4.74. The van der Waals surface area contributed by atoms with E-state index in [1.165, 1.54) is 0 Å². The van der Waals surface area contributed by atoms with Gasteiger partial charge in [-0.15, -0.1) is 0 Å². The lowest BCUT2D eigenvalue weighted by Crippen LogP contribution is -2.44. The Bertz CT molecular complexity index is 702. The van der Waals surface area contributed by atoms with Gasteiger partial charge in [-0.3, -0.25) is 14.3 Å². The van der Waals surface area contributed by atoms with Crippen LogP contribution in [0.5, 0.6) is 0 Å². The van der Waals surface area contributed by atoms with Crippen LogP contribution in [-0.4, -0.2) is 68.0 Å². The van der Waals surface area contributed by atoms with Gasteiger partial charge in [-0.2, -0.15) is 8.42 Å². The Labute approximate surface area is 163 Å². The molecule has 0 saturated heterocycles. The minimum atomic E-state index is -3.93. The number of nitrogens with zero attached hydrogens (tertiary/aromatic N) is 2. The van der Waals surface area contributed by atoms with E-state index in [-0.39, 0.29) is 24.2 Å². The van der Waals surface area contributed by atoms with Crippen molar-refractivity contribution >= 4 is 16.1 Å². The highest BCUT2D eigenvalue weighted by atomic mass is 32.2. The van der Waals surface area contributed by atoms with Crippen molar-refractivity contribution in [3.63, 3.8) is 0 Å². The third-order valence-corrected chi connectivity index (χ3v) is 5.54. The molecule has 0 aliphatic heterocycles. The Morgan fingerprint density at radius 1 is 1.26 bits per heavy atom. The van der Waals surface area contributed by atoms with Crippen LogP contribution in [0.3, 0.4) is 0 Å². The molecule has 1 aromatic heterocycles. The van der Waals surface area contributed by atoms with E-state index >= 15 is 0 Å². The van der Waals surface area contributed by atoms with E-state index in [9.17, 15) is 13.2 Å². The number of hydrogen-bond donors (Lipinski definition) is 1. The summed E-state index contributed by atoms with van der Waals surface area (Å²) in [5.41, 5.74) is 0.535. The molecule has 154 valence electrons. The molecule has 0 aliphatic carbocycles. The molecule has 1 heterocycles. The van der Waals surface area contributed by atoms with Gasteiger partial charge in [-0.05, 0) is 43.9 Å². The summed E-state index contributed by atoms with van der Waals surface area (Å²) >= 11 is 0. The Morgan fingerprint density at radius 3 is 2.41 bits per heavy atom. The Kier molecular flexibility index (Phi) is 8.38. The number of pyridine rings is 1. The highest BCUT2D eigenvalue weighted by molar-refractivity contribution is 7.85. The Balaban J connectivity index is 2.45. The first-order chi connectivity index (χ1) is 12.3. The SMILES string of the molecule is CC(CC(C)(C)C(=O)OCC[N+](C)(C)CCCS(=O)(=O)O)c1ccncc1. The molecule has 0 fully saturated rings. The van der Waals surface area contributed by atoms with Crippen LogP contribution in [0, 0.1) is 5.41 Å². The minimum absolute atomic E-state index is 0.211. The van der Waals surface area contributed by atoms with Crippen molar-refractivity contribution < 1.29 is 27.0 Å². The van der Waals surface area contributed by atoms with Crippen LogP contribution >= 0.6 is 0 Å². The van der Waals surface area contributed by atoms with Crippen molar-refractivity contribution in [2.75, 3.05) is 39.5 Å². The topological polar surface area (TPSA) is 93.6 Å². The van der Waals surface area contributed by atoms with Crippen LogP contribution in [0.2, 0.25) is 0 Å². The van der Waals surface area contributed by atoms with Gasteiger partial charge >= 0.3 is 5.97 Å². The fraction of sp³-hybridized carbons (Fsp3) is 0.684. The molecule has 0 aliphatic rings. The second-order valence-electron chi connectivity index (χ2n) is 8.43. The fourth-order valence-electron chi connectivity index (χ4n) is 3.03. The lowest BCUT2D eigenvalue weighted by atomic mass is 9.81. The summed E-state index contributed by atoms with van der Waals surface area (Å²) in [4.78, 5) is 16.5. The van der Waals surface area contributed by atoms with Crippen LogP contribution in [0.15, 0.2) is 24.5 Å². The maximum Gasteiger partial charge on any atom is 0.311 e. The minimum Gasteiger partial charge on any atom is -0.459 e. The van der Waals surface area contributed by atoms with Gasteiger partial charge < -0.3 is 9.22 Å². The molecule has 1 atom stereocenters. The molecular formula is C19H33N2O5S+. The molecule has 0 saturated carbocycles. The van der Waals surface area contributed by atoms with Crippen molar-refractivity contribution in [3.05, 3.63) is 30.1 Å². The predicted molar refractivity (Wildman–Crippen MR) is 105 cm³/mol. The number of hydrogen-bond acceptors (Lipinski definition) is 5. The molecule has 27 heavy (non-hydrogen) atoms. The number of carbonyl (C=O) groups excluding carboxylic acids is 1. The van der Waals surface area contributed by atoms with E-state index in [4.69, 9.17) is 9.29 Å². The zero-order valence-corrected chi connectivity index (χ0v) is 17.8. The molecular weight excluding hydrogens is 368 g/mol. The summed E-state index contributed by atoms with van der Waals surface area (Å²) in [7, 11) is -0.0557. The van der Waals surface area contributed by atoms with Gasteiger partial charge in [0.15, 0.2) is 0 Å². The van der Waals surface area contributed by atoms with Gasteiger partial charge in [0.05, 0.1) is 31.8 Å². The number of aromatic nitrogens is 1. The third kappa shape index (κ3) is 9.30. The summed E-state index contributed by atoms with van der Waals surface area (Å²) in [6.07, 6.45) is 4.52. The lowest BCUT2D eigenvalue weighted by Gasteiger charge is -2.31. The molecule has 1 rings (SSSR count). The van der Waals surface area contributed by atoms with Crippen LogP contribution in [0.4, 0.5) is 0 Å². The Morgan fingerprint density at radius 2 is 1.85 bits per heavy atom. The van der Waals surface area contributed by atoms with E-state index < -0.39 is 15.5 Å². The van der Waals surface area contributed by atoms with E-state index in [0.717, 1.165) is 5.56 Å². The van der Waals surface area contributed by atoms with Crippen LogP contribution < -0.4 is 0 Å². The summed E-state index contributed by atoms with van der Waals surface area (Å²) in [5, 5.41) is 0. The molecule has 0 radical (unpaired) electrons. The summed E-state index contributed by atoms with van der Waals surface area (Å²) in [6, 6.07) is 3.91. The number of carbonyl (C=O) groups is 1. The number of ether oxygens (including phenoxy) is 1. The second-order valence-corrected chi connectivity index (χ2v) is 10.0. The zero-order chi connectivity index (χ0) is 20.7. The first-order valence-electron chi connectivity index (χ1n) is 9.17. The number of rotatable bonds is 11. The van der Waals surface area contributed by atoms with Crippen molar-refractivity contribution in [1.82, 2.24) is 4.98 Å². The zero-order valence-electron chi connectivity index (χ0n) is 17.0. The quantitative estimate of drug-likeness (QED) is 0.348. The molecule has 1 N–H and O–H groups in total. The van der Waals surface area contributed by atoms with Gasteiger partial charge in [-0.1, -0.05) is 6.92 Å². The van der Waals surface area contributed by atoms with Gasteiger partial charge in [0.2, 0.25) is 0 Å². The van der Waals surface area contributed by atoms with E-state index in [0.29, 0.717) is 30.4 Å². The summed E-state index contributed by atoms with van der Waals surface area (Å²) in [5.74, 6) is -0.279. The average Bonchev–Trinajstić information content (AvgIpc) is 2.53. The maximum atomic E-state index is 12.5. The lowest BCUT2D eigenvalue weighted by molar-refractivity contribution is -0.890. The van der Waals surface area contributed by atoms with Gasteiger partial charge in [0.1, 0.15) is 13.2 Å². The largest absolute Gasteiger partial charge is 0.459 e. The van der Waals surface area contributed by atoms with Crippen LogP contribution in [-0.2, 0) is 19.6 Å². The molecule has 0 aromatic carbocycles. The van der Waals surface area contributed by atoms with Gasteiger partial charge in [0, 0.05) is 18.8 Å². The molecule has 7 nitrogen and oxygen atoms in total. The number of esters is 1. The van der Waals surface area contributed by atoms with E-state index in [1.807, 2.05) is 40.1 Å². The standard InChI is InChI=1S/C19H32N2O5S/c1-16(17-7-9-20-10-8-17)15-19(2,3)18(22)26-13-12-21(4,5)11-6-14-27(23,24)25/h7-10,16H,6,11-15H2,1-5H3/p+1. The normalized spacial score (nSPS) is 14.0. The molecule has 0 spiro atoms. The fourth-order valence-corrected chi connectivity index (χ4v) is 3.52. The highest BCUT2D eigenvalue weighted by Gasteiger charge is 2.32. The van der Waals surface area contributed by atoms with E-state index in [1.54, 1.807) is 12.4 Å². The molecule has 0 bridgehead atoms. The van der Waals surface area contributed by atoms with Crippen LogP contribution in [0.25, 0.3) is 0 Å². The second kappa shape index (κ2) is 9.61. The van der Waals surface area contributed by atoms with Crippen molar-refractivity contribution in [2.24, 2.45) is 5.41 Å². The molecule has 8 heteroatoms. The highest BCUT2D eigenvalue weighted by Crippen LogP contribution is 2.32. The maximum absolute atomic E-state index is 12.5. The molecule has 1 unspecified atom stereocenters. The predicted octanol–water partition coefficient (Wildman–Crippen LogP) is 2.50. The smallest absolute Gasteiger partial charge is 0.311 e. The molecule has 0 amide bonds. The van der Waals surface area contributed by atoms with Crippen molar-refractivity contribution in [3.8, 4) is 0 Å². The average molecular weight is 402 g/mol. The van der Waals surface area contributed by atoms with Crippen molar-refractivity contribution in [1.29, 1.82) is 0 Å². The summed E-state index contributed by atoms with van der Waals surface area (Å²) in [6.45, 7) is 7.27. The van der Waals surface area contributed by atoms with Crippen LogP contribution in [0.1, 0.15) is 45.1 Å². The van der Waals surface area contributed by atoms with E-state index in [2.05, 4.69) is 11.9 Å².